The standard InChI is InChI=1S/C11H14F3NO2/c1-6(16)4-8-5-9(11(12,13)14)10(17-3)15-7(8)2/h5-6,16H,4H2,1-3H3/t6-/m0/s1. The first kappa shape index (κ1) is 13.8. The van der Waals surface area contributed by atoms with Crippen LogP contribution in [0.5, 0.6) is 5.88 Å². The Morgan fingerprint density at radius 3 is 2.47 bits per heavy atom. The molecule has 1 rings (SSSR count). The number of halogens is 3. The van der Waals surface area contributed by atoms with Crippen molar-refractivity contribution in [3.05, 3.63) is 22.9 Å². The zero-order valence-corrected chi connectivity index (χ0v) is 9.80. The Morgan fingerprint density at radius 2 is 2.06 bits per heavy atom. The van der Waals surface area contributed by atoms with Gasteiger partial charge in [-0.15, -0.1) is 0 Å². The van der Waals surface area contributed by atoms with Crippen molar-refractivity contribution in [2.45, 2.75) is 32.5 Å². The van der Waals surface area contributed by atoms with Gasteiger partial charge in [0.25, 0.3) is 0 Å². The predicted molar refractivity (Wildman–Crippen MR) is 55.9 cm³/mol. The highest BCUT2D eigenvalue weighted by Crippen LogP contribution is 2.36. The van der Waals surface area contributed by atoms with Crippen molar-refractivity contribution in [1.82, 2.24) is 4.98 Å². The summed E-state index contributed by atoms with van der Waals surface area (Å²) < 4.78 is 42.7. The zero-order chi connectivity index (χ0) is 13.2. The first-order valence-corrected chi connectivity index (χ1v) is 5.05. The Labute approximate surface area is 97.2 Å². The average molecular weight is 249 g/mol. The van der Waals surface area contributed by atoms with E-state index >= 15 is 0 Å². The highest BCUT2D eigenvalue weighted by Gasteiger charge is 2.36. The fraction of sp³-hybridized carbons (Fsp3) is 0.545. The number of aliphatic hydroxyl groups excluding tert-OH is 1. The molecule has 0 bridgehead atoms. The van der Waals surface area contributed by atoms with Crippen LogP contribution in [-0.2, 0) is 12.6 Å². The summed E-state index contributed by atoms with van der Waals surface area (Å²) in [6.45, 7) is 3.09. The molecule has 0 aliphatic carbocycles. The van der Waals surface area contributed by atoms with E-state index in [1.807, 2.05) is 0 Å². The molecule has 17 heavy (non-hydrogen) atoms. The van der Waals surface area contributed by atoms with E-state index in [4.69, 9.17) is 0 Å². The fourth-order valence-electron chi connectivity index (χ4n) is 1.51. The number of hydrogen-bond donors (Lipinski definition) is 1. The van der Waals surface area contributed by atoms with Crippen LogP contribution < -0.4 is 4.74 Å². The molecule has 0 saturated heterocycles. The molecular formula is C11H14F3NO2. The van der Waals surface area contributed by atoms with Gasteiger partial charge >= 0.3 is 6.18 Å². The van der Waals surface area contributed by atoms with Gasteiger partial charge in [-0.1, -0.05) is 0 Å². The Morgan fingerprint density at radius 1 is 1.47 bits per heavy atom. The van der Waals surface area contributed by atoms with Gasteiger partial charge in [-0.05, 0) is 31.9 Å². The second-order valence-corrected chi connectivity index (χ2v) is 3.84. The summed E-state index contributed by atoms with van der Waals surface area (Å²) in [5, 5.41) is 9.21. The van der Waals surface area contributed by atoms with Crippen molar-refractivity contribution in [3.8, 4) is 5.88 Å². The number of rotatable bonds is 3. The topological polar surface area (TPSA) is 42.4 Å². The molecule has 1 heterocycles. The van der Waals surface area contributed by atoms with Gasteiger partial charge in [-0.3, -0.25) is 0 Å². The molecule has 0 saturated carbocycles. The minimum atomic E-state index is -4.51. The van der Waals surface area contributed by atoms with E-state index in [2.05, 4.69) is 9.72 Å². The summed E-state index contributed by atoms with van der Waals surface area (Å²) in [6.07, 6.45) is -5.10. The number of ether oxygens (including phenoxy) is 1. The van der Waals surface area contributed by atoms with Crippen molar-refractivity contribution in [3.63, 3.8) is 0 Å². The van der Waals surface area contributed by atoms with Crippen molar-refractivity contribution < 1.29 is 23.0 Å². The van der Waals surface area contributed by atoms with Gasteiger partial charge < -0.3 is 9.84 Å². The smallest absolute Gasteiger partial charge is 0.421 e. The highest BCUT2D eigenvalue weighted by atomic mass is 19.4. The van der Waals surface area contributed by atoms with Gasteiger partial charge in [-0.25, -0.2) is 4.98 Å². The lowest BCUT2D eigenvalue weighted by Crippen LogP contribution is -2.13. The maximum atomic E-state index is 12.7. The first-order valence-electron chi connectivity index (χ1n) is 5.05. The van der Waals surface area contributed by atoms with Gasteiger partial charge in [0.15, 0.2) is 0 Å². The fourth-order valence-corrected chi connectivity index (χ4v) is 1.51. The van der Waals surface area contributed by atoms with Gasteiger partial charge in [0, 0.05) is 5.69 Å². The molecule has 0 amide bonds. The molecule has 1 N–H and O–H groups in total. The second kappa shape index (κ2) is 4.91. The minimum absolute atomic E-state index is 0.131. The molecule has 0 aromatic carbocycles. The molecule has 96 valence electrons. The third-order valence-corrected chi connectivity index (χ3v) is 2.30. The average Bonchev–Trinajstić information content (AvgIpc) is 2.18. The molecule has 1 aromatic heterocycles. The van der Waals surface area contributed by atoms with Crippen molar-refractivity contribution in [2.24, 2.45) is 0 Å². The lowest BCUT2D eigenvalue weighted by molar-refractivity contribution is -0.139. The Kier molecular flexibility index (Phi) is 3.98. The van der Waals surface area contributed by atoms with Gasteiger partial charge in [0.1, 0.15) is 5.56 Å². The number of alkyl halides is 3. The van der Waals surface area contributed by atoms with Crippen LogP contribution in [0.1, 0.15) is 23.7 Å². The Hall–Kier alpha value is -1.30. The van der Waals surface area contributed by atoms with Crippen LogP contribution in [0.25, 0.3) is 0 Å². The number of nitrogens with zero attached hydrogens (tertiary/aromatic N) is 1. The number of pyridine rings is 1. The monoisotopic (exact) mass is 249 g/mol. The van der Waals surface area contributed by atoms with Crippen LogP contribution in [0.2, 0.25) is 0 Å². The summed E-state index contributed by atoms with van der Waals surface area (Å²) in [5.41, 5.74) is -0.120. The summed E-state index contributed by atoms with van der Waals surface area (Å²) in [7, 11) is 1.14. The zero-order valence-electron chi connectivity index (χ0n) is 9.80. The molecule has 0 fully saturated rings. The van der Waals surface area contributed by atoms with E-state index in [-0.39, 0.29) is 6.42 Å². The van der Waals surface area contributed by atoms with Gasteiger partial charge in [0.05, 0.1) is 13.2 Å². The quantitative estimate of drug-likeness (QED) is 0.894. The van der Waals surface area contributed by atoms with Crippen molar-refractivity contribution >= 4 is 0 Å². The Balaban J connectivity index is 3.28. The SMILES string of the molecule is COc1nc(C)c(C[C@H](C)O)cc1C(F)(F)F. The lowest BCUT2D eigenvalue weighted by Gasteiger charge is -2.15. The summed E-state index contributed by atoms with van der Waals surface area (Å²) in [4.78, 5) is 3.76. The molecule has 0 aliphatic heterocycles. The van der Waals surface area contributed by atoms with Crippen LogP contribution in [0.3, 0.4) is 0 Å². The normalized spacial score (nSPS) is 13.6. The Bertz CT molecular complexity index is 402. The van der Waals surface area contributed by atoms with Crippen LogP contribution in [0.4, 0.5) is 13.2 Å². The molecule has 6 heteroatoms. The number of methoxy groups -OCH3 is 1. The molecule has 0 spiro atoms. The third-order valence-electron chi connectivity index (χ3n) is 2.30. The van der Waals surface area contributed by atoms with E-state index in [0.29, 0.717) is 11.3 Å². The molecule has 0 aliphatic rings. The molecule has 0 unspecified atom stereocenters. The van der Waals surface area contributed by atoms with Crippen LogP contribution >= 0.6 is 0 Å². The number of aliphatic hydroxyl groups is 1. The molecule has 1 aromatic rings. The van der Waals surface area contributed by atoms with Crippen LogP contribution in [0.15, 0.2) is 6.07 Å². The number of aromatic nitrogens is 1. The summed E-state index contributed by atoms with van der Waals surface area (Å²) in [5.74, 6) is -0.440. The predicted octanol–water partition coefficient (Wildman–Crippen LogP) is 2.34. The largest absolute Gasteiger partial charge is 0.481 e. The number of aryl methyl sites for hydroxylation is 1. The van der Waals surface area contributed by atoms with E-state index in [1.165, 1.54) is 6.92 Å². The lowest BCUT2D eigenvalue weighted by atomic mass is 10.0. The first-order chi connectivity index (χ1) is 7.75. The number of hydrogen-bond acceptors (Lipinski definition) is 3. The van der Waals surface area contributed by atoms with Crippen LogP contribution in [-0.4, -0.2) is 23.3 Å². The summed E-state index contributed by atoms with van der Waals surface area (Å²) in [6, 6.07) is 0.980. The van der Waals surface area contributed by atoms with E-state index in [9.17, 15) is 18.3 Å². The second-order valence-electron chi connectivity index (χ2n) is 3.84. The van der Waals surface area contributed by atoms with Crippen molar-refractivity contribution in [1.29, 1.82) is 0 Å². The van der Waals surface area contributed by atoms with Gasteiger partial charge in [0.2, 0.25) is 5.88 Å². The molecule has 0 radical (unpaired) electrons. The third kappa shape index (κ3) is 3.33. The maximum Gasteiger partial charge on any atom is 0.421 e. The molecule has 3 nitrogen and oxygen atoms in total. The van der Waals surface area contributed by atoms with Gasteiger partial charge in [-0.2, -0.15) is 13.2 Å². The minimum Gasteiger partial charge on any atom is -0.481 e. The van der Waals surface area contributed by atoms with E-state index < -0.39 is 23.7 Å². The molecular weight excluding hydrogens is 235 g/mol. The maximum absolute atomic E-state index is 12.7. The molecule has 1 atom stereocenters. The van der Waals surface area contributed by atoms with Crippen LogP contribution in [0, 0.1) is 6.92 Å². The van der Waals surface area contributed by atoms with E-state index in [1.54, 1.807) is 6.92 Å². The highest BCUT2D eigenvalue weighted by molar-refractivity contribution is 5.36. The summed E-state index contributed by atoms with van der Waals surface area (Å²) >= 11 is 0. The van der Waals surface area contributed by atoms with E-state index in [0.717, 1.165) is 13.2 Å². The van der Waals surface area contributed by atoms with Crippen molar-refractivity contribution in [2.75, 3.05) is 7.11 Å².